The van der Waals surface area contributed by atoms with E-state index in [1.54, 1.807) is 31.2 Å². The third kappa shape index (κ3) is 5.14. The Hall–Kier alpha value is -2.82. The second kappa shape index (κ2) is 7.45. The van der Waals surface area contributed by atoms with Gasteiger partial charge in [0.05, 0.1) is 0 Å². The van der Waals surface area contributed by atoms with E-state index in [0.29, 0.717) is 11.4 Å². The fourth-order valence-electron chi connectivity index (χ4n) is 2.04. The molecule has 2 aromatic carbocycles. The van der Waals surface area contributed by atoms with Gasteiger partial charge in [0.1, 0.15) is 17.5 Å². The van der Waals surface area contributed by atoms with Crippen molar-refractivity contribution in [2.75, 3.05) is 5.32 Å². The molecule has 5 heteroatoms. The van der Waals surface area contributed by atoms with E-state index in [1.165, 1.54) is 6.92 Å². The van der Waals surface area contributed by atoms with Crippen LogP contribution in [-0.2, 0) is 9.59 Å². The summed E-state index contributed by atoms with van der Waals surface area (Å²) in [6, 6.07) is 14.2. The van der Waals surface area contributed by atoms with Crippen molar-refractivity contribution < 1.29 is 14.3 Å². The van der Waals surface area contributed by atoms with Crippen molar-refractivity contribution >= 4 is 17.5 Å². The van der Waals surface area contributed by atoms with E-state index < -0.39 is 6.04 Å². The standard InChI is InChI=1S/C18H20N2O3/c1-12-5-4-6-17(11-12)23-16-9-7-15(8-10-16)20-18(22)13(2)19-14(3)21/h4-11,13H,1-3H3,(H,19,21)(H,20,22). The largest absolute Gasteiger partial charge is 0.457 e. The van der Waals surface area contributed by atoms with Crippen molar-refractivity contribution in [3.05, 3.63) is 54.1 Å². The van der Waals surface area contributed by atoms with Gasteiger partial charge in [-0.05, 0) is 55.8 Å². The molecule has 0 aliphatic rings. The zero-order valence-corrected chi connectivity index (χ0v) is 13.4. The molecule has 0 spiro atoms. The number of carbonyl (C=O) groups is 2. The molecule has 120 valence electrons. The Morgan fingerprint density at radius 1 is 1.04 bits per heavy atom. The lowest BCUT2D eigenvalue weighted by molar-refractivity contribution is -0.124. The van der Waals surface area contributed by atoms with Crippen LogP contribution in [0.1, 0.15) is 19.4 Å². The van der Waals surface area contributed by atoms with Crippen LogP contribution in [0.5, 0.6) is 11.5 Å². The molecule has 0 radical (unpaired) electrons. The molecule has 2 aromatic rings. The number of hydrogen-bond donors (Lipinski definition) is 2. The van der Waals surface area contributed by atoms with E-state index in [0.717, 1.165) is 11.3 Å². The average molecular weight is 312 g/mol. The Morgan fingerprint density at radius 2 is 1.74 bits per heavy atom. The van der Waals surface area contributed by atoms with Crippen LogP contribution in [0.3, 0.4) is 0 Å². The van der Waals surface area contributed by atoms with E-state index in [-0.39, 0.29) is 11.8 Å². The minimum absolute atomic E-state index is 0.241. The summed E-state index contributed by atoms with van der Waals surface area (Å²) in [5, 5.41) is 5.27. The normalized spacial score (nSPS) is 11.4. The number of anilines is 1. The lowest BCUT2D eigenvalue weighted by Crippen LogP contribution is -2.40. The number of amides is 2. The maximum absolute atomic E-state index is 11.9. The number of benzene rings is 2. The fourth-order valence-corrected chi connectivity index (χ4v) is 2.04. The molecule has 0 aromatic heterocycles. The summed E-state index contributed by atoms with van der Waals surface area (Å²) in [7, 11) is 0. The monoisotopic (exact) mass is 312 g/mol. The molecule has 5 nitrogen and oxygen atoms in total. The van der Waals surface area contributed by atoms with Crippen LogP contribution in [0.4, 0.5) is 5.69 Å². The van der Waals surface area contributed by atoms with Gasteiger partial charge in [0.25, 0.3) is 0 Å². The van der Waals surface area contributed by atoms with Gasteiger partial charge in [-0.1, -0.05) is 12.1 Å². The molecule has 0 fully saturated rings. The highest BCUT2D eigenvalue weighted by molar-refractivity contribution is 5.96. The van der Waals surface area contributed by atoms with Crippen LogP contribution in [0.15, 0.2) is 48.5 Å². The molecule has 23 heavy (non-hydrogen) atoms. The Kier molecular flexibility index (Phi) is 5.36. The summed E-state index contributed by atoms with van der Waals surface area (Å²) >= 11 is 0. The Labute approximate surface area is 135 Å². The second-order valence-electron chi connectivity index (χ2n) is 5.35. The molecule has 0 aliphatic heterocycles. The molecule has 1 unspecified atom stereocenters. The number of ether oxygens (including phenoxy) is 1. The maximum atomic E-state index is 11.9. The Balaban J connectivity index is 1.96. The molecule has 0 aliphatic carbocycles. The van der Waals surface area contributed by atoms with Crippen LogP contribution in [-0.4, -0.2) is 17.9 Å². The zero-order valence-electron chi connectivity index (χ0n) is 13.4. The molecule has 2 rings (SSSR count). The van der Waals surface area contributed by atoms with Gasteiger partial charge in [0.2, 0.25) is 11.8 Å². The van der Waals surface area contributed by atoms with Crippen LogP contribution in [0.25, 0.3) is 0 Å². The van der Waals surface area contributed by atoms with Crippen molar-refractivity contribution in [2.45, 2.75) is 26.8 Å². The van der Waals surface area contributed by atoms with Crippen LogP contribution in [0, 0.1) is 6.92 Å². The van der Waals surface area contributed by atoms with Gasteiger partial charge >= 0.3 is 0 Å². The Bertz CT molecular complexity index is 696. The maximum Gasteiger partial charge on any atom is 0.246 e. The molecule has 0 saturated carbocycles. The number of rotatable bonds is 5. The fraction of sp³-hybridized carbons (Fsp3) is 0.222. The first-order valence-corrected chi connectivity index (χ1v) is 7.36. The quantitative estimate of drug-likeness (QED) is 0.890. The average Bonchev–Trinajstić information content (AvgIpc) is 2.48. The minimum atomic E-state index is -0.587. The van der Waals surface area contributed by atoms with Gasteiger partial charge in [-0.15, -0.1) is 0 Å². The first-order chi connectivity index (χ1) is 10.9. The molecule has 0 bridgehead atoms. The van der Waals surface area contributed by atoms with E-state index in [1.807, 2.05) is 31.2 Å². The predicted octanol–water partition coefficient (Wildman–Crippen LogP) is 3.25. The van der Waals surface area contributed by atoms with Gasteiger partial charge in [0, 0.05) is 12.6 Å². The lowest BCUT2D eigenvalue weighted by Gasteiger charge is -2.13. The SMILES string of the molecule is CC(=O)NC(C)C(=O)Nc1ccc(Oc2cccc(C)c2)cc1. The van der Waals surface area contributed by atoms with Gasteiger partial charge in [-0.2, -0.15) is 0 Å². The Morgan fingerprint density at radius 3 is 2.35 bits per heavy atom. The van der Waals surface area contributed by atoms with E-state index in [4.69, 9.17) is 4.74 Å². The molecular weight excluding hydrogens is 292 g/mol. The van der Waals surface area contributed by atoms with Crippen molar-refractivity contribution in [3.63, 3.8) is 0 Å². The van der Waals surface area contributed by atoms with Crippen LogP contribution >= 0.6 is 0 Å². The number of hydrogen-bond acceptors (Lipinski definition) is 3. The van der Waals surface area contributed by atoms with E-state index >= 15 is 0 Å². The summed E-state index contributed by atoms with van der Waals surface area (Å²) in [6.45, 7) is 5.01. The second-order valence-corrected chi connectivity index (χ2v) is 5.35. The van der Waals surface area contributed by atoms with Crippen LogP contribution in [0.2, 0.25) is 0 Å². The molecule has 0 heterocycles. The summed E-state index contributed by atoms with van der Waals surface area (Å²) in [5.74, 6) is 0.937. The highest BCUT2D eigenvalue weighted by atomic mass is 16.5. The molecule has 2 N–H and O–H groups in total. The van der Waals surface area contributed by atoms with E-state index in [9.17, 15) is 9.59 Å². The zero-order chi connectivity index (χ0) is 16.8. The smallest absolute Gasteiger partial charge is 0.246 e. The lowest BCUT2D eigenvalue weighted by atomic mass is 10.2. The molecule has 1 atom stereocenters. The summed E-state index contributed by atoms with van der Waals surface area (Å²) < 4.78 is 5.75. The summed E-state index contributed by atoms with van der Waals surface area (Å²) in [6.07, 6.45) is 0. The van der Waals surface area contributed by atoms with Gasteiger partial charge in [-0.3, -0.25) is 9.59 Å². The van der Waals surface area contributed by atoms with Gasteiger partial charge < -0.3 is 15.4 Å². The first-order valence-electron chi connectivity index (χ1n) is 7.36. The molecular formula is C18H20N2O3. The molecule has 0 saturated heterocycles. The van der Waals surface area contributed by atoms with Crippen LogP contribution < -0.4 is 15.4 Å². The third-order valence-corrected chi connectivity index (χ3v) is 3.16. The van der Waals surface area contributed by atoms with E-state index in [2.05, 4.69) is 10.6 Å². The first kappa shape index (κ1) is 16.5. The van der Waals surface area contributed by atoms with Crippen molar-refractivity contribution in [3.8, 4) is 11.5 Å². The van der Waals surface area contributed by atoms with Crippen molar-refractivity contribution in [2.24, 2.45) is 0 Å². The van der Waals surface area contributed by atoms with Gasteiger partial charge in [0.15, 0.2) is 0 Å². The predicted molar refractivity (Wildman–Crippen MR) is 89.6 cm³/mol. The minimum Gasteiger partial charge on any atom is -0.457 e. The topological polar surface area (TPSA) is 67.4 Å². The summed E-state index contributed by atoms with van der Waals surface area (Å²) in [4.78, 5) is 22.8. The summed E-state index contributed by atoms with van der Waals surface area (Å²) in [5.41, 5.74) is 1.77. The van der Waals surface area contributed by atoms with Gasteiger partial charge in [-0.25, -0.2) is 0 Å². The molecule has 2 amide bonds. The highest BCUT2D eigenvalue weighted by Crippen LogP contribution is 2.23. The van der Waals surface area contributed by atoms with Crippen molar-refractivity contribution in [1.29, 1.82) is 0 Å². The third-order valence-electron chi connectivity index (χ3n) is 3.16. The number of carbonyl (C=O) groups excluding carboxylic acids is 2. The van der Waals surface area contributed by atoms with Crippen molar-refractivity contribution in [1.82, 2.24) is 5.32 Å². The number of aryl methyl sites for hydroxylation is 1. The highest BCUT2D eigenvalue weighted by Gasteiger charge is 2.13. The number of nitrogens with one attached hydrogen (secondary N) is 2.